The van der Waals surface area contributed by atoms with Gasteiger partial charge in [-0.1, -0.05) is 27.7 Å². The van der Waals surface area contributed by atoms with Crippen LogP contribution >= 0.6 is 0 Å². The van der Waals surface area contributed by atoms with Crippen LogP contribution in [0, 0.1) is 11.8 Å². The van der Waals surface area contributed by atoms with E-state index in [1.54, 1.807) is 0 Å². The van der Waals surface area contributed by atoms with E-state index in [0.29, 0.717) is 25.0 Å². The van der Waals surface area contributed by atoms with Crippen molar-refractivity contribution >= 4 is 0 Å². The predicted molar refractivity (Wildman–Crippen MR) is 59.4 cm³/mol. The lowest BCUT2D eigenvalue weighted by molar-refractivity contribution is 0.0260. The standard InChI is InChI=1S/C11H25NO2/c1-9(2)5-12-6-11(13)8-14-7-10(3)4/h9-13H,5-8H2,1-4H3. The van der Waals surface area contributed by atoms with Gasteiger partial charge in [-0.15, -0.1) is 0 Å². The Hall–Kier alpha value is -0.120. The van der Waals surface area contributed by atoms with Gasteiger partial charge in [0.1, 0.15) is 0 Å². The maximum absolute atomic E-state index is 9.49. The average molecular weight is 203 g/mol. The van der Waals surface area contributed by atoms with E-state index in [-0.39, 0.29) is 6.10 Å². The van der Waals surface area contributed by atoms with E-state index >= 15 is 0 Å². The molecule has 0 rings (SSSR count). The molecule has 0 aliphatic carbocycles. The second-order valence-electron chi connectivity index (χ2n) is 4.64. The molecule has 86 valence electrons. The van der Waals surface area contributed by atoms with Gasteiger partial charge in [-0.25, -0.2) is 0 Å². The summed E-state index contributed by atoms with van der Waals surface area (Å²) in [5.74, 6) is 1.16. The van der Waals surface area contributed by atoms with Crippen molar-refractivity contribution in [3.63, 3.8) is 0 Å². The molecule has 14 heavy (non-hydrogen) atoms. The number of nitrogens with one attached hydrogen (secondary N) is 1. The highest BCUT2D eigenvalue weighted by atomic mass is 16.5. The first kappa shape index (κ1) is 13.9. The van der Waals surface area contributed by atoms with E-state index in [4.69, 9.17) is 4.74 Å². The first-order valence-corrected chi connectivity index (χ1v) is 5.49. The molecule has 0 aromatic heterocycles. The van der Waals surface area contributed by atoms with Gasteiger partial charge >= 0.3 is 0 Å². The number of hydrogen-bond donors (Lipinski definition) is 2. The zero-order valence-corrected chi connectivity index (χ0v) is 9.92. The summed E-state index contributed by atoms with van der Waals surface area (Å²) in [6.07, 6.45) is -0.382. The van der Waals surface area contributed by atoms with Gasteiger partial charge in [-0.05, 0) is 18.4 Å². The summed E-state index contributed by atoms with van der Waals surface area (Å²) in [4.78, 5) is 0. The summed E-state index contributed by atoms with van der Waals surface area (Å²) in [5.41, 5.74) is 0. The summed E-state index contributed by atoms with van der Waals surface area (Å²) in [6, 6.07) is 0. The molecule has 0 aromatic carbocycles. The fourth-order valence-electron chi connectivity index (χ4n) is 1.04. The number of aliphatic hydroxyl groups is 1. The van der Waals surface area contributed by atoms with Crippen molar-refractivity contribution in [2.75, 3.05) is 26.3 Å². The summed E-state index contributed by atoms with van der Waals surface area (Å²) in [5, 5.41) is 12.7. The van der Waals surface area contributed by atoms with Crippen LogP contribution in [-0.2, 0) is 4.74 Å². The minimum atomic E-state index is -0.382. The molecular formula is C11H25NO2. The molecule has 3 heteroatoms. The molecule has 1 unspecified atom stereocenters. The highest BCUT2D eigenvalue weighted by Gasteiger charge is 2.04. The third kappa shape index (κ3) is 9.96. The van der Waals surface area contributed by atoms with Gasteiger partial charge in [0, 0.05) is 13.2 Å². The second kappa shape index (κ2) is 8.21. The van der Waals surface area contributed by atoms with Gasteiger partial charge in [0.05, 0.1) is 12.7 Å². The van der Waals surface area contributed by atoms with Crippen molar-refractivity contribution in [3.8, 4) is 0 Å². The van der Waals surface area contributed by atoms with Crippen LogP contribution in [0.4, 0.5) is 0 Å². The number of aliphatic hydroxyl groups excluding tert-OH is 1. The molecule has 0 saturated carbocycles. The van der Waals surface area contributed by atoms with Crippen molar-refractivity contribution in [3.05, 3.63) is 0 Å². The Kier molecular flexibility index (Phi) is 8.14. The van der Waals surface area contributed by atoms with Gasteiger partial charge in [-0.2, -0.15) is 0 Å². The van der Waals surface area contributed by atoms with E-state index in [9.17, 15) is 5.11 Å². The third-order valence-corrected chi connectivity index (χ3v) is 1.69. The molecule has 0 radical (unpaired) electrons. The molecule has 0 spiro atoms. The maximum Gasteiger partial charge on any atom is 0.0897 e. The smallest absolute Gasteiger partial charge is 0.0897 e. The first-order chi connectivity index (χ1) is 6.52. The minimum Gasteiger partial charge on any atom is -0.389 e. The summed E-state index contributed by atoms with van der Waals surface area (Å²) in [7, 11) is 0. The lowest BCUT2D eigenvalue weighted by atomic mass is 10.2. The second-order valence-corrected chi connectivity index (χ2v) is 4.64. The van der Waals surface area contributed by atoms with E-state index < -0.39 is 0 Å². The van der Waals surface area contributed by atoms with Crippen LogP contribution in [0.25, 0.3) is 0 Å². The van der Waals surface area contributed by atoms with E-state index in [0.717, 1.165) is 13.2 Å². The van der Waals surface area contributed by atoms with Crippen molar-refractivity contribution < 1.29 is 9.84 Å². The number of hydrogen-bond acceptors (Lipinski definition) is 3. The molecule has 3 nitrogen and oxygen atoms in total. The van der Waals surface area contributed by atoms with Crippen molar-refractivity contribution in [2.45, 2.75) is 33.8 Å². The molecule has 0 aliphatic rings. The molecule has 0 aromatic rings. The fraction of sp³-hybridized carbons (Fsp3) is 1.00. The molecule has 0 fully saturated rings. The van der Waals surface area contributed by atoms with Gasteiger partial charge in [0.15, 0.2) is 0 Å². The van der Waals surface area contributed by atoms with Crippen LogP contribution < -0.4 is 5.32 Å². The van der Waals surface area contributed by atoms with E-state index in [2.05, 4.69) is 33.0 Å². The molecule has 0 heterocycles. The van der Waals surface area contributed by atoms with E-state index in [1.807, 2.05) is 0 Å². The van der Waals surface area contributed by atoms with Crippen LogP contribution in [0.1, 0.15) is 27.7 Å². The Balaban J connectivity index is 3.23. The Bertz CT molecular complexity index is 112. The molecule has 0 amide bonds. The Morgan fingerprint density at radius 1 is 1.00 bits per heavy atom. The molecule has 0 bridgehead atoms. The molecule has 2 N–H and O–H groups in total. The Labute approximate surface area is 87.8 Å². The van der Waals surface area contributed by atoms with Gasteiger partial charge in [0.25, 0.3) is 0 Å². The summed E-state index contributed by atoms with van der Waals surface area (Å²) >= 11 is 0. The normalized spacial score (nSPS) is 13.9. The van der Waals surface area contributed by atoms with E-state index in [1.165, 1.54) is 0 Å². The highest BCUT2D eigenvalue weighted by molar-refractivity contribution is 4.59. The van der Waals surface area contributed by atoms with Gasteiger partial charge in [0.2, 0.25) is 0 Å². The lowest BCUT2D eigenvalue weighted by Gasteiger charge is -2.14. The van der Waals surface area contributed by atoms with Gasteiger partial charge < -0.3 is 15.2 Å². The lowest BCUT2D eigenvalue weighted by Crippen LogP contribution is -2.32. The summed E-state index contributed by atoms with van der Waals surface area (Å²) in [6.45, 7) is 11.2. The van der Waals surface area contributed by atoms with Crippen LogP contribution in [0.15, 0.2) is 0 Å². The average Bonchev–Trinajstić information content (AvgIpc) is 2.02. The minimum absolute atomic E-state index is 0.382. The highest BCUT2D eigenvalue weighted by Crippen LogP contribution is 1.94. The van der Waals surface area contributed by atoms with Crippen LogP contribution in [-0.4, -0.2) is 37.5 Å². The van der Waals surface area contributed by atoms with Crippen LogP contribution in [0.5, 0.6) is 0 Å². The van der Waals surface area contributed by atoms with Crippen molar-refractivity contribution in [2.24, 2.45) is 11.8 Å². The Morgan fingerprint density at radius 3 is 2.14 bits per heavy atom. The molecular weight excluding hydrogens is 178 g/mol. The quantitative estimate of drug-likeness (QED) is 0.624. The molecule has 0 aliphatic heterocycles. The van der Waals surface area contributed by atoms with Crippen LogP contribution in [0.3, 0.4) is 0 Å². The number of ether oxygens (including phenoxy) is 1. The largest absolute Gasteiger partial charge is 0.389 e. The van der Waals surface area contributed by atoms with Crippen molar-refractivity contribution in [1.29, 1.82) is 0 Å². The first-order valence-electron chi connectivity index (χ1n) is 5.49. The Morgan fingerprint density at radius 2 is 1.64 bits per heavy atom. The fourth-order valence-corrected chi connectivity index (χ4v) is 1.04. The molecule has 1 atom stereocenters. The number of rotatable bonds is 8. The van der Waals surface area contributed by atoms with Crippen molar-refractivity contribution in [1.82, 2.24) is 5.32 Å². The maximum atomic E-state index is 9.49. The predicted octanol–water partition coefficient (Wildman–Crippen LogP) is 1.27. The third-order valence-electron chi connectivity index (χ3n) is 1.69. The molecule has 0 saturated heterocycles. The summed E-state index contributed by atoms with van der Waals surface area (Å²) < 4.78 is 5.32. The zero-order chi connectivity index (χ0) is 11.0. The van der Waals surface area contributed by atoms with Crippen LogP contribution in [0.2, 0.25) is 0 Å². The SMILES string of the molecule is CC(C)CNCC(O)COCC(C)C. The monoisotopic (exact) mass is 203 g/mol. The zero-order valence-electron chi connectivity index (χ0n) is 9.92. The topological polar surface area (TPSA) is 41.5 Å². The van der Waals surface area contributed by atoms with Gasteiger partial charge in [-0.3, -0.25) is 0 Å².